The number of benzene rings is 1. The molecule has 1 fully saturated rings. The molecule has 0 atom stereocenters. The van der Waals surface area contributed by atoms with Crippen molar-refractivity contribution in [3.05, 3.63) is 41.5 Å². The van der Waals surface area contributed by atoms with Crippen LogP contribution < -0.4 is 10.1 Å². The first-order valence-corrected chi connectivity index (χ1v) is 9.67. The largest absolute Gasteiger partial charge is 0.497 e. The van der Waals surface area contributed by atoms with Gasteiger partial charge < -0.3 is 24.5 Å². The van der Waals surface area contributed by atoms with Crippen molar-refractivity contribution in [3.8, 4) is 5.75 Å². The molecule has 0 bridgehead atoms. The second-order valence-corrected chi connectivity index (χ2v) is 7.05. The number of likely N-dealkylation sites (N-methyl/N-ethyl adjacent to an activating group) is 1. The summed E-state index contributed by atoms with van der Waals surface area (Å²) >= 11 is 0. The van der Waals surface area contributed by atoms with Gasteiger partial charge in [0.05, 0.1) is 24.7 Å². The van der Waals surface area contributed by atoms with Crippen LogP contribution in [0.3, 0.4) is 0 Å². The van der Waals surface area contributed by atoms with Crippen molar-refractivity contribution in [1.82, 2.24) is 25.3 Å². The van der Waals surface area contributed by atoms with Gasteiger partial charge in [-0.1, -0.05) is 5.16 Å². The molecule has 4 rings (SSSR count). The van der Waals surface area contributed by atoms with Gasteiger partial charge in [0.2, 0.25) is 0 Å². The summed E-state index contributed by atoms with van der Waals surface area (Å²) < 4.78 is 10.6. The number of rotatable bonds is 8. The predicted octanol–water partition coefficient (Wildman–Crippen LogP) is 3.21. The van der Waals surface area contributed by atoms with Crippen molar-refractivity contribution in [2.75, 3.05) is 20.2 Å². The standard InChI is InChI=1S/C20H25N5O3/c1-3-25(20(26)21-12-14-10-18(28-24-14)13-4-5-13)9-8-19-22-16-7-6-15(27-2)11-17(16)23-19/h6-7,10-11,13H,3-5,8-9,12H2,1-2H3,(H,21,26)(H,22,23). The van der Waals surface area contributed by atoms with E-state index >= 15 is 0 Å². The molecular weight excluding hydrogens is 358 g/mol. The molecule has 1 aromatic carbocycles. The summed E-state index contributed by atoms with van der Waals surface area (Å²) in [6.45, 7) is 3.53. The van der Waals surface area contributed by atoms with Gasteiger partial charge in [0.25, 0.3) is 0 Å². The number of nitrogens with zero attached hydrogens (tertiary/aromatic N) is 3. The molecule has 2 N–H and O–H groups in total. The summed E-state index contributed by atoms with van der Waals surface area (Å²) in [5.74, 6) is 3.08. The maximum atomic E-state index is 12.5. The Balaban J connectivity index is 1.31. The molecule has 0 saturated heterocycles. The Morgan fingerprint density at radius 2 is 2.25 bits per heavy atom. The van der Waals surface area contributed by atoms with Gasteiger partial charge in [-0.25, -0.2) is 9.78 Å². The van der Waals surface area contributed by atoms with Gasteiger partial charge in [0, 0.05) is 37.6 Å². The van der Waals surface area contributed by atoms with Gasteiger partial charge >= 0.3 is 6.03 Å². The number of nitrogens with one attached hydrogen (secondary N) is 2. The maximum Gasteiger partial charge on any atom is 0.317 e. The van der Waals surface area contributed by atoms with Gasteiger partial charge in [-0.2, -0.15) is 0 Å². The average molecular weight is 383 g/mol. The van der Waals surface area contributed by atoms with E-state index in [1.807, 2.05) is 31.2 Å². The van der Waals surface area contributed by atoms with E-state index < -0.39 is 0 Å². The number of hydrogen-bond donors (Lipinski definition) is 2. The van der Waals surface area contributed by atoms with E-state index in [1.165, 1.54) is 12.8 Å². The van der Waals surface area contributed by atoms with Gasteiger partial charge in [0.15, 0.2) is 0 Å². The Hall–Kier alpha value is -3.03. The molecule has 148 valence electrons. The van der Waals surface area contributed by atoms with Crippen LogP contribution >= 0.6 is 0 Å². The third kappa shape index (κ3) is 4.11. The van der Waals surface area contributed by atoms with E-state index in [-0.39, 0.29) is 6.03 Å². The van der Waals surface area contributed by atoms with E-state index in [0.29, 0.717) is 32.0 Å². The number of hydrogen-bond acceptors (Lipinski definition) is 5. The SMILES string of the molecule is CCN(CCc1nc2ccc(OC)cc2[nH]1)C(=O)NCc1cc(C2CC2)on1. The minimum Gasteiger partial charge on any atom is -0.497 e. The predicted molar refractivity (Wildman–Crippen MR) is 104 cm³/mol. The van der Waals surface area contributed by atoms with Crippen molar-refractivity contribution >= 4 is 17.1 Å². The molecule has 1 saturated carbocycles. The van der Waals surface area contributed by atoms with E-state index in [2.05, 4.69) is 20.4 Å². The number of H-pyrrole nitrogens is 1. The number of carbonyl (C=O) groups excluding carboxylic acids is 1. The summed E-state index contributed by atoms with van der Waals surface area (Å²) in [4.78, 5) is 22.1. The Kier molecular flexibility index (Phi) is 5.18. The number of amides is 2. The van der Waals surface area contributed by atoms with Crippen molar-refractivity contribution in [2.45, 2.75) is 38.6 Å². The van der Waals surface area contributed by atoms with Gasteiger partial charge in [0.1, 0.15) is 23.0 Å². The first kappa shape index (κ1) is 18.3. The maximum absolute atomic E-state index is 12.5. The zero-order chi connectivity index (χ0) is 19.5. The van der Waals surface area contributed by atoms with E-state index in [9.17, 15) is 4.79 Å². The average Bonchev–Trinajstić information content (AvgIpc) is 3.31. The lowest BCUT2D eigenvalue weighted by molar-refractivity contribution is 0.200. The number of imidazole rings is 1. The van der Waals surface area contributed by atoms with Crippen molar-refractivity contribution < 1.29 is 14.1 Å². The lowest BCUT2D eigenvalue weighted by Crippen LogP contribution is -2.40. The highest BCUT2D eigenvalue weighted by Gasteiger charge is 2.27. The molecule has 2 amide bonds. The lowest BCUT2D eigenvalue weighted by Gasteiger charge is -2.20. The summed E-state index contributed by atoms with van der Waals surface area (Å²) in [6, 6.07) is 7.56. The van der Waals surface area contributed by atoms with Crippen LogP contribution in [-0.4, -0.2) is 46.3 Å². The van der Waals surface area contributed by atoms with E-state index in [4.69, 9.17) is 9.26 Å². The molecule has 0 spiro atoms. The molecule has 28 heavy (non-hydrogen) atoms. The fourth-order valence-electron chi connectivity index (χ4n) is 3.18. The van der Waals surface area contributed by atoms with Gasteiger partial charge in [-0.3, -0.25) is 0 Å². The van der Waals surface area contributed by atoms with Crippen LogP contribution in [0.5, 0.6) is 5.75 Å². The molecule has 2 heterocycles. The normalized spacial score (nSPS) is 13.6. The molecule has 8 heteroatoms. The third-order valence-electron chi connectivity index (χ3n) is 5.00. The second kappa shape index (κ2) is 7.92. The molecule has 8 nitrogen and oxygen atoms in total. The number of aromatic amines is 1. The summed E-state index contributed by atoms with van der Waals surface area (Å²) in [5.41, 5.74) is 2.58. The molecular formula is C20H25N5O3. The van der Waals surface area contributed by atoms with E-state index in [0.717, 1.165) is 34.1 Å². The molecule has 1 aliphatic carbocycles. The zero-order valence-electron chi connectivity index (χ0n) is 16.2. The smallest absolute Gasteiger partial charge is 0.317 e. The number of methoxy groups -OCH3 is 1. The molecule has 0 radical (unpaired) electrons. The second-order valence-electron chi connectivity index (χ2n) is 7.05. The van der Waals surface area contributed by atoms with Crippen LogP contribution in [0, 0.1) is 0 Å². The highest BCUT2D eigenvalue weighted by Crippen LogP contribution is 2.40. The van der Waals surface area contributed by atoms with Crippen molar-refractivity contribution in [3.63, 3.8) is 0 Å². The Morgan fingerprint density at radius 1 is 1.39 bits per heavy atom. The van der Waals surface area contributed by atoms with Crippen molar-refractivity contribution in [1.29, 1.82) is 0 Å². The first-order chi connectivity index (χ1) is 13.7. The first-order valence-electron chi connectivity index (χ1n) is 9.67. The minimum absolute atomic E-state index is 0.115. The molecule has 2 aromatic heterocycles. The van der Waals surface area contributed by atoms with Gasteiger partial charge in [-0.15, -0.1) is 0 Å². The highest BCUT2D eigenvalue weighted by atomic mass is 16.5. The zero-order valence-corrected chi connectivity index (χ0v) is 16.2. The number of aromatic nitrogens is 3. The van der Waals surface area contributed by atoms with Crippen molar-refractivity contribution in [2.24, 2.45) is 0 Å². The van der Waals surface area contributed by atoms with Gasteiger partial charge in [-0.05, 0) is 31.9 Å². The van der Waals surface area contributed by atoms with Crippen LogP contribution in [-0.2, 0) is 13.0 Å². The quantitative estimate of drug-likeness (QED) is 0.623. The Bertz CT molecular complexity index is 960. The van der Waals surface area contributed by atoms with Crippen LogP contribution in [0.1, 0.15) is 43.0 Å². The molecule has 3 aromatic rings. The van der Waals surface area contributed by atoms with E-state index in [1.54, 1.807) is 12.0 Å². The fraction of sp³-hybridized carbons (Fsp3) is 0.450. The summed E-state index contributed by atoms with van der Waals surface area (Å²) in [7, 11) is 1.64. The molecule has 1 aliphatic rings. The molecule has 0 unspecified atom stereocenters. The van der Waals surface area contributed by atoms with Crippen LogP contribution in [0.4, 0.5) is 4.79 Å². The number of ether oxygens (including phenoxy) is 1. The topological polar surface area (TPSA) is 96.3 Å². The lowest BCUT2D eigenvalue weighted by atomic mass is 10.3. The number of urea groups is 1. The Labute approximate surface area is 163 Å². The van der Waals surface area contributed by atoms with Crippen LogP contribution in [0.2, 0.25) is 0 Å². The fourth-order valence-corrected chi connectivity index (χ4v) is 3.18. The Morgan fingerprint density at radius 3 is 3.00 bits per heavy atom. The molecule has 0 aliphatic heterocycles. The number of carbonyl (C=O) groups is 1. The highest BCUT2D eigenvalue weighted by molar-refractivity contribution is 5.77. The van der Waals surface area contributed by atoms with Crippen LogP contribution in [0.15, 0.2) is 28.8 Å². The third-order valence-corrected chi connectivity index (χ3v) is 5.00. The number of fused-ring (bicyclic) bond motifs is 1. The van der Waals surface area contributed by atoms with Crippen LogP contribution in [0.25, 0.3) is 11.0 Å². The monoisotopic (exact) mass is 383 g/mol. The summed E-state index contributed by atoms with van der Waals surface area (Å²) in [5, 5.41) is 6.95. The summed E-state index contributed by atoms with van der Waals surface area (Å²) in [6.07, 6.45) is 2.98. The minimum atomic E-state index is -0.115.